The van der Waals surface area contributed by atoms with E-state index in [2.05, 4.69) is 20.6 Å². The standard InChI is InChI=1S/C22H16FN5O3/c1-13-20-14(11-17(19-7-3-10-30-19)26-22(20)31-27-13)21(29)24-12-15-16(23)5-2-6-18(15)28-9-4-8-25-28/h2-11H,12H2,1H3,(H,24,29). The van der Waals surface area contributed by atoms with Crippen molar-refractivity contribution in [2.24, 2.45) is 0 Å². The lowest BCUT2D eigenvalue weighted by molar-refractivity contribution is 0.0952. The molecule has 5 rings (SSSR count). The fraction of sp³-hybridized carbons (Fsp3) is 0.0909. The van der Waals surface area contributed by atoms with Crippen LogP contribution >= 0.6 is 0 Å². The fourth-order valence-corrected chi connectivity index (χ4v) is 3.44. The number of aromatic nitrogens is 4. The maximum absolute atomic E-state index is 14.6. The van der Waals surface area contributed by atoms with Crippen LogP contribution in [0.4, 0.5) is 4.39 Å². The molecule has 0 fully saturated rings. The predicted octanol–water partition coefficient (Wildman–Crippen LogP) is 4.05. The summed E-state index contributed by atoms with van der Waals surface area (Å²) in [4.78, 5) is 17.5. The van der Waals surface area contributed by atoms with Crippen LogP contribution in [-0.2, 0) is 6.54 Å². The molecule has 8 nitrogen and oxygen atoms in total. The summed E-state index contributed by atoms with van der Waals surface area (Å²) < 4.78 is 26.8. The summed E-state index contributed by atoms with van der Waals surface area (Å²) in [5, 5.41) is 11.4. The molecule has 0 saturated heterocycles. The highest BCUT2D eigenvalue weighted by atomic mass is 19.1. The number of halogens is 1. The molecule has 0 aliphatic carbocycles. The van der Waals surface area contributed by atoms with Gasteiger partial charge in [0, 0.05) is 24.5 Å². The van der Waals surface area contributed by atoms with Crippen molar-refractivity contribution in [1.29, 1.82) is 0 Å². The number of pyridine rings is 1. The number of aryl methyl sites for hydroxylation is 1. The van der Waals surface area contributed by atoms with Crippen molar-refractivity contribution in [3.8, 4) is 17.1 Å². The maximum Gasteiger partial charge on any atom is 0.259 e. The van der Waals surface area contributed by atoms with E-state index in [0.29, 0.717) is 39.3 Å². The number of fused-ring (bicyclic) bond motifs is 1. The van der Waals surface area contributed by atoms with Gasteiger partial charge in [0.15, 0.2) is 5.76 Å². The van der Waals surface area contributed by atoms with Crippen LogP contribution in [0.3, 0.4) is 0 Å². The predicted molar refractivity (Wildman–Crippen MR) is 109 cm³/mol. The van der Waals surface area contributed by atoms with E-state index in [0.717, 1.165) is 0 Å². The molecule has 4 aromatic heterocycles. The number of hydrogen-bond donors (Lipinski definition) is 1. The molecular formula is C22H16FN5O3. The summed E-state index contributed by atoms with van der Waals surface area (Å²) in [5.74, 6) is -0.369. The minimum atomic E-state index is -0.439. The zero-order chi connectivity index (χ0) is 21.4. The summed E-state index contributed by atoms with van der Waals surface area (Å²) in [6.07, 6.45) is 4.83. The van der Waals surface area contributed by atoms with E-state index in [4.69, 9.17) is 8.94 Å². The van der Waals surface area contributed by atoms with Crippen molar-refractivity contribution in [3.05, 3.63) is 83.8 Å². The van der Waals surface area contributed by atoms with Crippen molar-refractivity contribution in [1.82, 2.24) is 25.2 Å². The van der Waals surface area contributed by atoms with Crippen molar-refractivity contribution in [3.63, 3.8) is 0 Å². The van der Waals surface area contributed by atoms with Crippen LogP contribution in [0.1, 0.15) is 21.6 Å². The number of rotatable bonds is 5. The zero-order valence-corrected chi connectivity index (χ0v) is 16.4. The molecule has 5 aromatic rings. The Kier molecular flexibility index (Phi) is 4.55. The Morgan fingerprint density at radius 2 is 2.13 bits per heavy atom. The molecule has 4 heterocycles. The molecule has 0 aliphatic rings. The van der Waals surface area contributed by atoms with E-state index < -0.39 is 11.7 Å². The second kappa shape index (κ2) is 7.52. The third-order valence-electron chi connectivity index (χ3n) is 4.91. The normalized spacial score (nSPS) is 11.2. The van der Waals surface area contributed by atoms with Crippen LogP contribution < -0.4 is 5.32 Å². The van der Waals surface area contributed by atoms with E-state index in [1.54, 1.807) is 60.4 Å². The molecule has 0 unspecified atom stereocenters. The topological polar surface area (TPSA) is 99.0 Å². The van der Waals surface area contributed by atoms with E-state index >= 15 is 0 Å². The molecule has 154 valence electrons. The third kappa shape index (κ3) is 3.35. The van der Waals surface area contributed by atoms with Gasteiger partial charge in [-0.05, 0) is 43.3 Å². The molecule has 1 aromatic carbocycles. The Morgan fingerprint density at radius 1 is 1.23 bits per heavy atom. The molecule has 9 heteroatoms. The molecular weight excluding hydrogens is 401 g/mol. The zero-order valence-electron chi connectivity index (χ0n) is 16.4. The molecule has 31 heavy (non-hydrogen) atoms. The lowest BCUT2D eigenvalue weighted by atomic mass is 10.1. The van der Waals surface area contributed by atoms with Gasteiger partial charge in [-0.25, -0.2) is 14.1 Å². The van der Waals surface area contributed by atoms with Crippen LogP contribution in [0.2, 0.25) is 0 Å². The number of amides is 1. The number of nitrogens with zero attached hydrogens (tertiary/aromatic N) is 4. The van der Waals surface area contributed by atoms with Gasteiger partial charge in [0.25, 0.3) is 11.6 Å². The average molecular weight is 417 g/mol. The number of carbonyl (C=O) groups is 1. The van der Waals surface area contributed by atoms with Crippen LogP contribution in [-0.4, -0.2) is 25.8 Å². The quantitative estimate of drug-likeness (QED) is 0.463. The van der Waals surface area contributed by atoms with Gasteiger partial charge in [-0.1, -0.05) is 11.2 Å². The van der Waals surface area contributed by atoms with Crippen molar-refractivity contribution >= 4 is 17.0 Å². The van der Waals surface area contributed by atoms with Crippen LogP contribution in [0.15, 0.2) is 70.1 Å². The highest BCUT2D eigenvalue weighted by Crippen LogP contribution is 2.27. The Hall–Kier alpha value is -4.27. The average Bonchev–Trinajstić information content (AvgIpc) is 3.54. The highest BCUT2D eigenvalue weighted by molar-refractivity contribution is 6.06. The van der Waals surface area contributed by atoms with Gasteiger partial charge in [0.1, 0.15) is 11.5 Å². The van der Waals surface area contributed by atoms with Crippen molar-refractivity contribution in [2.45, 2.75) is 13.5 Å². The van der Waals surface area contributed by atoms with Gasteiger partial charge in [-0.3, -0.25) is 4.79 Å². The van der Waals surface area contributed by atoms with Crippen molar-refractivity contribution in [2.75, 3.05) is 0 Å². The molecule has 0 radical (unpaired) electrons. The first-order valence-electron chi connectivity index (χ1n) is 9.48. The van der Waals surface area contributed by atoms with Gasteiger partial charge in [0.2, 0.25) is 0 Å². The first-order valence-corrected chi connectivity index (χ1v) is 9.48. The summed E-state index contributed by atoms with van der Waals surface area (Å²) in [7, 11) is 0. The summed E-state index contributed by atoms with van der Waals surface area (Å²) in [5.41, 5.74) is 2.36. The lowest BCUT2D eigenvalue weighted by Crippen LogP contribution is -2.24. The van der Waals surface area contributed by atoms with Gasteiger partial charge in [-0.15, -0.1) is 0 Å². The van der Waals surface area contributed by atoms with Crippen LogP contribution in [0.25, 0.3) is 28.2 Å². The molecule has 1 amide bonds. The van der Waals surface area contributed by atoms with Gasteiger partial charge in [0.05, 0.1) is 28.6 Å². The van der Waals surface area contributed by atoms with E-state index in [9.17, 15) is 9.18 Å². The van der Waals surface area contributed by atoms with E-state index in [-0.39, 0.29) is 12.3 Å². The summed E-state index contributed by atoms with van der Waals surface area (Å²) in [6.45, 7) is 1.69. The Morgan fingerprint density at radius 3 is 2.90 bits per heavy atom. The molecule has 1 N–H and O–H groups in total. The minimum Gasteiger partial charge on any atom is -0.463 e. The molecule has 0 saturated carbocycles. The van der Waals surface area contributed by atoms with Gasteiger partial charge >= 0.3 is 0 Å². The van der Waals surface area contributed by atoms with E-state index in [1.165, 1.54) is 12.3 Å². The monoisotopic (exact) mass is 417 g/mol. The van der Waals surface area contributed by atoms with Crippen LogP contribution in [0, 0.1) is 12.7 Å². The minimum absolute atomic E-state index is 0.0368. The number of furan rings is 1. The first kappa shape index (κ1) is 18.7. The second-order valence-electron chi connectivity index (χ2n) is 6.85. The highest BCUT2D eigenvalue weighted by Gasteiger charge is 2.21. The Bertz CT molecular complexity index is 1370. The SMILES string of the molecule is Cc1noc2nc(-c3ccco3)cc(C(=O)NCc3c(F)cccc3-n3cccn3)c12. The maximum atomic E-state index is 14.6. The number of nitrogens with one attached hydrogen (secondary N) is 1. The van der Waals surface area contributed by atoms with E-state index in [1.807, 2.05) is 0 Å². The summed E-state index contributed by atoms with van der Waals surface area (Å²) in [6, 6.07) is 11.5. The molecule has 0 spiro atoms. The smallest absolute Gasteiger partial charge is 0.259 e. The molecule has 0 aliphatic heterocycles. The summed E-state index contributed by atoms with van der Waals surface area (Å²) >= 11 is 0. The number of carbonyl (C=O) groups excluding carboxylic acids is 1. The van der Waals surface area contributed by atoms with Crippen molar-refractivity contribution < 1.29 is 18.1 Å². The Balaban J connectivity index is 1.50. The second-order valence-corrected chi connectivity index (χ2v) is 6.85. The van der Waals surface area contributed by atoms with Gasteiger partial charge < -0.3 is 14.3 Å². The number of hydrogen-bond acceptors (Lipinski definition) is 6. The number of benzene rings is 1. The first-order chi connectivity index (χ1) is 15.1. The lowest BCUT2D eigenvalue weighted by Gasteiger charge is -2.12. The van der Waals surface area contributed by atoms with Crippen LogP contribution in [0.5, 0.6) is 0 Å². The van der Waals surface area contributed by atoms with Gasteiger partial charge in [-0.2, -0.15) is 5.10 Å². The largest absolute Gasteiger partial charge is 0.463 e. The fourth-order valence-electron chi connectivity index (χ4n) is 3.44. The Labute approximate surface area is 175 Å². The molecule has 0 atom stereocenters. The molecule has 0 bridgehead atoms. The third-order valence-corrected chi connectivity index (χ3v) is 4.91.